The van der Waals surface area contributed by atoms with E-state index in [-0.39, 0.29) is 12.5 Å². The molecular weight excluding hydrogens is 638 g/mol. The lowest BCUT2D eigenvalue weighted by Gasteiger charge is -2.25. The molecule has 244 valence electrons. The molecule has 1 atom stereocenters. The Balaban J connectivity index is 0.000000202. The van der Waals surface area contributed by atoms with Crippen LogP contribution in [0.1, 0.15) is 80.4 Å². The van der Waals surface area contributed by atoms with E-state index in [2.05, 4.69) is 52.6 Å². The van der Waals surface area contributed by atoms with Gasteiger partial charge in [0.15, 0.2) is 0 Å². The van der Waals surface area contributed by atoms with Crippen LogP contribution in [0.3, 0.4) is 0 Å². The molecule has 3 aliphatic carbocycles. The molecule has 0 saturated heterocycles. The van der Waals surface area contributed by atoms with Gasteiger partial charge in [0, 0.05) is 11.5 Å². The van der Waals surface area contributed by atoms with Gasteiger partial charge in [0.2, 0.25) is 0 Å². The monoisotopic (exact) mass is 670 g/mol. The van der Waals surface area contributed by atoms with Crippen LogP contribution in [0, 0.1) is 5.92 Å². The number of rotatable bonds is 4. The zero-order chi connectivity index (χ0) is 32.8. The van der Waals surface area contributed by atoms with Crippen molar-refractivity contribution in [3.8, 4) is 11.1 Å². The first-order chi connectivity index (χ1) is 20.5. The van der Waals surface area contributed by atoms with E-state index in [1.165, 1.54) is 34.2 Å². The van der Waals surface area contributed by atoms with Gasteiger partial charge in [-0.1, -0.05) is 68.1 Å². The first-order valence-corrected chi connectivity index (χ1v) is 16.7. The van der Waals surface area contributed by atoms with Crippen molar-refractivity contribution in [2.75, 3.05) is 6.61 Å². The molecule has 2 aromatic carbocycles. The van der Waals surface area contributed by atoms with Gasteiger partial charge in [-0.25, -0.2) is 4.79 Å². The van der Waals surface area contributed by atoms with Gasteiger partial charge in [0.05, 0.1) is 6.61 Å². The van der Waals surface area contributed by atoms with Crippen LogP contribution < -0.4 is 0 Å². The van der Waals surface area contributed by atoms with Crippen molar-refractivity contribution in [3.63, 3.8) is 0 Å². The molecule has 0 amide bonds. The molecular formula is C29H32F6O7S2. The summed E-state index contributed by atoms with van der Waals surface area (Å²) in [7, 11) is -11.2. The van der Waals surface area contributed by atoms with Crippen LogP contribution in [0.25, 0.3) is 11.1 Å². The minimum atomic E-state index is -5.84. The molecule has 2 aromatic rings. The van der Waals surface area contributed by atoms with Gasteiger partial charge >= 0.3 is 31.3 Å². The molecule has 0 heterocycles. The standard InChI is InChI=1S/C20H18O.C8H13F3O3S.CHF3O3S/c21-13-15-7-2-4-9-17(15)19-11-5-10-18-16-8-3-1-6-14(16)12-20(18)19;9-8(10,11)15(12,13)14-6-7-4-2-1-3-5-7;2-1(3,4)8(5,6)7/h1,3,5-6,8,10-11,17H,2,4,7,9,12H2;7H,1-6H2;(H,5,6,7). The lowest BCUT2D eigenvalue weighted by atomic mass is 9.78. The maximum atomic E-state index is 11.9. The third-order valence-electron chi connectivity index (χ3n) is 7.76. The maximum absolute atomic E-state index is 11.9. The van der Waals surface area contributed by atoms with Gasteiger partial charge in [-0.3, -0.25) is 8.74 Å². The van der Waals surface area contributed by atoms with Gasteiger partial charge in [0.1, 0.15) is 5.94 Å². The van der Waals surface area contributed by atoms with Gasteiger partial charge < -0.3 is 0 Å². The van der Waals surface area contributed by atoms with E-state index in [9.17, 15) is 39.6 Å². The van der Waals surface area contributed by atoms with Crippen LogP contribution in [0.2, 0.25) is 0 Å². The van der Waals surface area contributed by atoms with Crippen LogP contribution in [0.4, 0.5) is 26.3 Å². The molecule has 0 bridgehead atoms. The van der Waals surface area contributed by atoms with E-state index in [1.54, 1.807) is 0 Å². The van der Waals surface area contributed by atoms with Crippen molar-refractivity contribution in [3.05, 3.63) is 64.7 Å². The zero-order valence-corrected chi connectivity index (χ0v) is 25.1. The highest BCUT2D eigenvalue weighted by atomic mass is 32.2. The van der Waals surface area contributed by atoms with Gasteiger partial charge in [0.25, 0.3) is 0 Å². The summed E-state index contributed by atoms with van der Waals surface area (Å²) >= 11 is 0. The van der Waals surface area contributed by atoms with E-state index in [0.717, 1.165) is 63.4 Å². The number of hydrogen-bond acceptors (Lipinski definition) is 6. The molecule has 0 aliphatic heterocycles. The number of hydrogen-bond donors (Lipinski definition) is 1. The van der Waals surface area contributed by atoms with Crippen molar-refractivity contribution in [1.82, 2.24) is 0 Å². The molecule has 5 rings (SSSR count). The van der Waals surface area contributed by atoms with Gasteiger partial charge in [-0.15, -0.1) is 0 Å². The maximum Gasteiger partial charge on any atom is 0.523 e. The number of benzene rings is 2. The molecule has 3 aliphatic rings. The second kappa shape index (κ2) is 14.6. The normalized spacial score (nSPS) is 19.0. The van der Waals surface area contributed by atoms with Crippen LogP contribution >= 0.6 is 0 Å². The molecule has 44 heavy (non-hydrogen) atoms. The van der Waals surface area contributed by atoms with Crippen molar-refractivity contribution >= 4 is 26.2 Å². The molecule has 2 saturated carbocycles. The van der Waals surface area contributed by atoms with E-state index >= 15 is 0 Å². The van der Waals surface area contributed by atoms with Crippen molar-refractivity contribution < 1.29 is 56.7 Å². The summed E-state index contributed by atoms with van der Waals surface area (Å²) < 4.78 is 118. The average Bonchev–Trinajstić information content (AvgIpc) is 3.35. The molecule has 0 aromatic heterocycles. The molecule has 0 spiro atoms. The van der Waals surface area contributed by atoms with E-state index in [0.29, 0.717) is 5.92 Å². The third kappa shape index (κ3) is 9.16. The molecule has 7 nitrogen and oxygen atoms in total. The van der Waals surface area contributed by atoms with E-state index in [1.807, 2.05) is 0 Å². The number of fused-ring (bicyclic) bond motifs is 3. The topological polar surface area (TPSA) is 115 Å². The zero-order valence-electron chi connectivity index (χ0n) is 23.5. The fourth-order valence-electron chi connectivity index (χ4n) is 5.59. The Morgan fingerprint density at radius 3 is 1.98 bits per heavy atom. The first kappa shape index (κ1) is 35.8. The molecule has 1 unspecified atom stereocenters. The summed E-state index contributed by atoms with van der Waals surface area (Å²) in [4.78, 5) is 11.3. The summed E-state index contributed by atoms with van der Waals surface area (Å²) in [6.07, 6.45) is 9.78. The van der Waals surface area contributed by atoms with Crippen molar-refractivity contribution in [1.29, 1.82) is 0 Å². The summed E-state index contributed by atoms with van der Waals surface area (Å²) in [6.45, 7) is -0.345. The van der Waals surface area contributed by atoms with Crippen molar-refractivity contribution in [2.24, 2.45) is 5.92 Å². The lowest BCUT2D eigenvalue weighted by Crippen LogP contribution is -2.28. The Labute approximate surface area is 252 Å². The fraction of sp³-hybridized carbons (Fsp3) is 0.517. The van der Waals surface area contributed by atoms with Crippen LogP contribution in [0.5, 0.6) is 0 Å². The van der Waals surface area contributed by atoms with Gasteiger partial charge in [-0.05, 0) is 72.3 Å². The highest BCUT2D eigenvalue weighted by Gasteiger charge is 2.47. The fourth-order valence-corrected chi connectivity index (χ4v) is 6.10. The minimum Gasteiger partial charge on any atom is -0.279 e. The first-order valence-electron chi connectivity index (χ1n) is 13.9. The largest absolute Gasteiger partial charge is 0.523 e. The molecule has 2 fully saturated rings. The number of carbonyl (C=O) groups excluding carboxylic acids is 1. The van der Waals surface area contributed by atoms with E-state index in [4.69, 9.17) is 13.0 Å². The van der Waals surface area contributed by atoms with Gasteiger partial charge in [-0.2, -0.15) is 43.2 Å². The second-order valence-corrected chi connectivity index (χ2v) is 13.8. The SMILES string of the molecule is O=C=C1CCCCC1c1cccc2c1Cc1ccccc1-2.O=S(=O)(O)C(F)(F)F.O=S(=O)(OCC1CCCCC1)C(F)(F)F. The Kier molecular flexibility index (Phi) is 11.9. The second-order valence-electron chi connectivity index (χ2n) is 10.7. The number of alkyl halides is 6. The lowest BCUT2D eigenvalue weighted by molar-refractivity contribution is -0.0553. The van der Waals surface area contributed by atoms with Crippen molar-refractivity contribution in [2.45, 2.75) is 81.1 Å². The quantitative estimate of drug-likeness (QED) is 0.101. The predicted octanol–water partition coefficient (Wildman–Crippen LogP) is 7.50. The summed E-state index contributed by atoms with van der Waals surface area (Å²) in [5.74, 6) is 2.46. The van der Waals surface area contributed by atoms with Crippen LogP contribution in [0.15, 0.2) is 48.0 Å². The molecule has 1 N–H and O–H groups in total. The summed E-state index contributed by atoms with van der Waals surface area (Å²) in [5.41, 5.74) is -2.94. The molecule has 15 heteroatoms. The summed E-state index contributed by atoms with van der Waals surface area (Å²) in [5, 5.41) is 0. The highest BCUT2D eigenvalue weighted by molar-refractivity contribution is 7.87. The van der Waals surface area contributed by atoms with Crippen LogP contribution in [-0.4, -0.2) is 45.0 Å². The number of allylic oxidation sites excluding steroid dienone is 1. The van der Waals surface area contributed by atoms with Crippen LogP contribution in [-0.2, 0) is 35.6 Å². The highest BCUT2D eigenvalue weighted by Crippen LogP contribution is 2.44. The number of halogens is 6. The smallest absolute Gasteiger partial charge is 0.279 e. The molecule has 0 radical (unpaired) electrons. The summed E-state index contributed by atoms with van der Waals surface area (Å²) in [6, 6.07) is 15.2. The van der Waals surface area contributed by atoms with E-state index < -0.39 is 31.3 Å². The average molecular weight is 671 g/mol. The minimum absolute atomic E-state index is 0.0594. The Morgan fingerprint density at radius 1 is 0.795 bits per heavy atom. The Bertz CT molecular complexity index is 1560. The predicted molar refractivity (Wildman–Crippen MR) is 150 cm³/mol. The Morgan fingerprint density at radius 2 is 1.39 bits per heavy atom. The third-order valence-corrected chi connectivity index (χ3v) is 9.36. The Hall–Kier alpha value is -2.71.